The van der Waals surface area contributed by atoms with Crippen molar-refractivity contribution in [3.8, 4) is 0 Å². The number of nitrogens with one attached hydrogen (secondary N) is 3. The molecule has 0 aliphatic carbocycles. The molecule has 0 bridgehead atoms. The lowest BCUT2D eigenvalue weighted by Crippen LogP contribution is -2.40. The predicted molar refractivity (Wildman–Crippen MR) is 102 cm³/mol. The molecule has 1 aliphatic rings. The van der Waals surface area contributed by atoms with Gasteiger partial charge in [-0.05, 0) is 49.1 Å². The number of hydrogen-bond acceptors (Lipinski definition) is 2. The van der Waals surface area contributed by atoms with E-state index >= 15 is 0 Å². The monoisotopic (exact) mass is 330 g/mol. The van der Waals surface area contributed by atoms with Gasteiger partial charge in [-0.25, -0.2) is 0 Å². The Labute approximate surface area is 142 Å². The number of aromatic nitrogens is 1. The maximum atomic E-state index is 4.32. The van der Waals surface area contributed by atoms with Crippen LogP contribution in [0.1, 0.15) is 24.0 Å². The van der Waals surface area contributed by atoms with Crippen molar-refractivity contribution >= 4 is 28.6 Å². The highest BCUT2D eigenvalue weighted by Gasteiger charge is 2.15. The Morgan fingerprint density at radius 1 is 1.39 bits per heavy atom. The van der Waals surface area contributed by atoms with Gasteiger partial charge in [-0.1, -0.05) is 12.1 Å². The van der Waals surface area contributed by atoms with E-state index in [0.29, 0.717) is 0 Å². The molecule has 0 radical (unpaired) electrons. The second-order valence-corrected chi connectivity index (χ2v) is 7.54. The Kier molecular flexibility index (Phi) is 5.49. The Bertz CT molecular complexity index is 671. The summed E-state index contributed by atoms with van der Waals surface area (Å²) in [7, 11) is 1.84. The lowest BCUT2D eigenvalue weighted by Gasteiger charge is -2.14. The summed E-state index contributed by atoms with van der Waals surface area (Å²) in [4.78, 5) is 7.69. The summed E-state index contributed by atoms with van der Waals surface area (Å²) in [5.41, 5.74) is 3.87. The van der Waals surface area contributed by atoms with Crippen molar-refractivity contribution in [2.75, 3.05) is 25.9 Å². The second kappa shape index (κ2) is 7.77. The summed E-state index contributed by atoms with van der Waals surface area (Å²) in [6.07, 6.45) is 5.78. The smallest absolute Gasteiger partial charge is 0.191 e. The third kappa shape index (κ3) is 4.22. The molecular formula is C18H26N4S. The van der Waals surface area contributed by atoms with Crippen molar-refractivity contribution < 1.29 is 0 Å². The fourth-order valence-corrected chi connectivity index (χ4v) is 4.26. The lowest BCUT2D eigenvalue weighted by molar-refractivity contribution is 0.724. The van der Waals surface area contributed by atoms with Crippen LogP contribution in [0.25, 0.3) is 10.9 Å². The molecule has 1 aromatic heterocycles. The van der Waals surface area contributed by atoms with Gasteiger partial charge >= 0.3 is 0 Å². The quantitative estimate of drug-likeness (QED) is 0.583. The maximum Gasteiger partial charge on any atom is 0.191 e. The standard InChI is InChI=1S/C18H26N4S/c1-13-5-6-16-14(11-21-17(16)10-13)7-8-20-18(19-2)22-12-15-4-3-9-23-15/h5-6,10-11,15,21H,3-4,7-9,12H2,1-2H3,(H2,19,20,22). The molecule has 3 rings (SSSR count). The Morgan fingerprint density at radius 2 is 2.30 bits per heavy atom. The van der Waals surface area contributed by atoms with Crippen molar-refractivity contribution in [2.24, 2.45) is 4.99 Å². The van der Waals surface area contributed by atoms with Crippen molar-refractivity contribution in [1.29, 1.82) is 0 Å². The van der Waals surface area contributed by atoms with Gasteiger partial charge in [0.05, 0.1) is 0 Å². The van der Waals surface area contributed by atoms with Crippen LogP contribution < -0.4 is 10.6 Å². The molecule has 23 heavy (non-hydrogen) atoms. The number of hydrogen-bond donors (Lipinski definition) is 3. The largest absolute Gasteiger partial charge is 0.361 e. The number of thioether (sulfide) groups is 1. The van der Waals surface area contributed by atoms with E-state index in [1.165, 1.54) is 40.6 Å². The number of rotatable bonds is 5. The Hall–Kier alpha value is -1.62. The molecule has 1 aliphatic heterocycles. The van der Waals surface area contributed by atoms with Crippen LogP contribution in [0, 0.1) is 6.92 Å². The van der Waals surface area contributed by atoms with E-state index in [1.54, 1.807) is 0 Å². The third-order valence-electron chi connectivity index (χ3n) is 4.35. The van der Waals surface area contributed by atoms with Gasteiger partial charge in [0, 0.05) is 42.5 Å². The van der Waals surface area contributed by atoms with Crippen molar-refractivity contribution in [1.82, 2.24) is 15.6 Å². The molecule has 3 N–H and O–H groups in total. The minimum Gasteiger partial charge on any atom is -0.361 e. The van der Waals surface area contributed by atoms with Gasteiger partial charge in [0.25, 0.3) is 0 Å². The summed E-state index contributed by atoms with van der Waals surface area (Å²) in [6, 6.07) is 6.58. The second-order valence-electron chi connectivity index (χ2n) is 6.13. The van der Waals surface area contributed by atoms with Gasteiger partial charge < -0.3 is 15.6 Å². The van der Waals surface area contributed by atoms with Gasteiger partial charge in [0.1, 0.15) is 0 Å². The normalized spacial score (nSPS) is 18.5. The molecule has 5 heteroatoms. The average Bonchev–Trinajstić information content (AvgIpc) is 3.20. The molecule has 124 valence electrons. The molecule has 1 saturated heterocycles. The van der Waals surface area contributed by atoms with Crippen molar-refractivity contribution in [3.63, 3.8) is 0 Å². The number of H-pyrrole nitrogens is 1. The first-order valence-electron chi connectivity index (χ1n) is 8.39. The van der Waals surface area contributed by atoms with Gasteiger partial charge in [0.15, 0.2) is 5.96 Å². The van der Waals surface area contributed by atoms with Crippen LogP contribution in [0.2, 0.25) is 0 Å². The minimum atomic E-state index is 0.741. The molecule has 2 heterocycles. The number of aliphatic imine (C=N–C) groups is 1. The van der Waals surface area contributed by atoms with Gasteiger partial charge in [0.2, 0.25) is 0 Å². The number of aromatic amines is 1. The van der Waals surface area contributed by atoms with E-state index in [0.717, 1.165) is 30.7 Å². The predicted octanol–water partition coefficient (Wildman–Crippen LogP) is 3.08. The summed E-state index contributed by atoms with van der Waals surface area (Å²) in [6.45, 7) is 4.02. The molecule has 0 amide bonds. The van der Waals surface area contributed by atoms with Crippen LogP contribution in [0.3, 0.4) is 0 Å². The zero-order valence-electron chi connectivity index (χ0n) is 14.0. The van der Waals surface area contributed by atoms with Gasteiger partial charge in [-0.3, -0.25) is 4.99 Å². The number of nitrogens with zero attached hydrogens (tertiary/aromatic N) is 1. The summed E-state index contributed by atoms with van der Waals surface area (Å²) in [5, 5.41) is 8.93. The molecule has 0 spiro atoms. The number of benzene rings is 1. The molecule has 4 nitrogen and oxygen atoms in total. The minimum absolute atomic E-state index is 0.741. The highest BCUT2D eigenvalue weighted by Crippen LogP contribution is 2.25. The first kappa shape index (κ1) is 16.2. The van der Waals surface area contributed by atoms with Crippen molar-refractivity contribution in [2.45, 2.75) is 31.4 Å². The molecular weight excluding hydrogens is 304 g/mol. The van der Waals surface area contributed by atoms with Crippen LogP contribution in [0.5, 0.6) is 0 Å². The first-order chi connectivity index (χ1) is 11.3. The van der Waals surface area contributed by atoms with Gasteiger partial charge in [-0.2, -0.15) is 11.8 Å². The van der Waals surface area contributed by atoms with Crippen LogP contribution in [-0.2, 0) is 6.42 Å². The van der Waals surface area contributed by atoms with Crippen LogP contribution >= 0.6 is 11.8 Å². The molecule has 2 aromatic rings. The fraction of sp³-hybridized carbons (Fsp3) is 0.500. The molecule has 0 saturated carbocycles. The molecule has 1 aromatic carbocycles. The average molecular weight is 331 g/mol. The molecule has 1 fully saturated rings. The highest BCUT2D eigenvalue weighted by molar-refractivity contribution is 8.00. The first-order valence-corrected chi connectivity index (χ1v) is 9.44. The van der Waals surface area contributed by atoms with Crippen molar-refractivity contribution in [3.05, 3.63) is 35.5 Å². The van der Waals surface area contributed by atoms with E-state index in [4.69, 9.17) is 0 Å². The number of fused-ring (bicyclic) bond motifs is 1. The SMILES string of the molecule is CN=C(NCCc1c[nH]c2cc(C)ccc12)NCC1CCCS1. The van der Waals surface area contributed by atoms with Crippen LogP contribution in [0.4, 0.5) is 0 Å². The zero-order chi connectivity index (χ0) is 16.1. The number of aryl methyl sites for hydroxylation is 1. The van der Waals surface area contributed by atoms with E-state index in [2.05, 4.69) is 63.7 Å². The number of guanidine groups is 1. The topological polar surface area (TPSA) is 52.2 Å². The Balaban J connectivity index is 1.48. The maximum absolute atomic E-state index is 4.32. The third-order valence-corrected chi connectivity index (χ3v) is 5.75. The summed E-state index contributed by atoms with van der Waals surface area (Å²) in [5.74, 6) is 2.21. The Morgan fingerprint density at radius 3 is 3.09 bits per heavy atom. The molecule has 1 atom stereocenters. The summed E-state index contributed by atoms with van der Waals surface area (Å²) < 4.78 is 0. The van der Waals surface area contributed by atoms with E-state index in [9.17, 15) is 0 Å². The van der Waals surface area contributed by atoms with Crippen LogP contribution in [-0.4, -0.2) is 42.1 Å². The van der Waals surface area contributed by atoms with E-state index in [-0.39, 0.29) is 0 Å². The molecule has 1 unspecified atom stereocenters. The van der Waals surface area contributed by atoms with Crippen LogP contribution in [0.15, 0.2) is 29.4 Å². The fourth-order valence-electron chi connectivity index (χ4n) is 3.06. The van der Waals surface area contributed by atoms with Gasteiger partial charge in [-0.15, -0.1) is 0 Å². The summed E-state index contributed by atoms with van der Waals surface area (Å²) >= 11 is 2.07. The lowest BCUT2D eigenvalue weighted by atomic mass is 10.1. The van der Waals surface area contributed by atoms with E-state index < -0.39 is 0 Å². The zero-order valence-corrected chi connectivity index (χ0v) is 14.8. The van der Waals surface area contributed by atoms with E-state index in [1.807, 2.05) is 7.05 Å². The highest BCUT2D eigenvalue weighted by atomic mass is 32.2.